The Bertz CT molecular complexity index is 962. The van der Waals surface area contributed by atoms with Crippen LogP contribution in [0.25, 0.3) is 11.3 Å². The van der Waals surface area contributed by atoms with Crippen molar-refractivity contribution in [2.75, 3.05) is 24.7 Å². The van der Waals surface area contributed by atoms with Gasteiger partial charge in [0.05, 0.1) is 31.5 Å². The van der Waals surface area contributed by atoms with Crippen LogP contribution in [0.15, 0.2) is 12.1 Å². The summed E-state index contributed by atoms with van der Waals surface area (Å²) >= 11 is 0. The van der Waals surface area contributed by atoms with Crippen molar-refractivity contribution in [3.63, 3.8) is 0 Å². The van der Waals surface area contributed by atoms with Crippen molar-refractivity contribution in [2.24, 2.45) is 0 Å². The van der Waals surface area contributed by atoms with Crippen LogP contribution in [0.4, 0.5) is 10.2 Å². The molecule has 0 N–H and O–H groups in total. The number of hydrogen-bond donors (Lipinski definition) is 0. The van der Waals surface area contributed by atoms with Crippen molar-refractivity contribution >= 4 is 11.8 Å². The molecule has 3 aliphatic heterocycles. The van der Waals surface area contributed by atoms with Crippen LogP contribution < -0.4 is 9.64 Å². The summed E-state index contributed by atoms with van der Waals surface area (Å²) < 4.78 is 32.7. The smallest absolute Gasteiger partial charge is 0.345 e. The van der Waals surface area contributed by atoms with Gasteiger partial charge in [-0.2, -0.15) is 9.49 Å². The second kappa shape index (κ2) is 6.98. The third-order valence-corrected chi connectivity index (χ3v) is 5.71. The lowest BCUT2D eigenvalue weighted by Gasteiger charge is -2.29. The molecule has 8 nitrogen and oxygen atoms in total. The second-order valence-corrected chi connectivity index (χ2v) is 7.69. The SMILES string of the molecule is CCOC(=O)c1c(-c2ccc(F)nc2N2C[C@H]3C[C@@H]2CO3)nn2c1O[C@H](C)CC2. The van der Waals surface area contributed by atoms with E-state index in [1.807, 2.05) is 6.92 Å². The van der Waals surface area contributed by atoms with Gasteiger partial charge in [-0.15, -0.1) is 0 Å². The first-order chi connectivity index (χ1) is 14.0. The van der Waals surface area contributed by atoms with Gasteiger partial charge in [0.15, 0.2) is 0 Å². The molecule has 5 rings (SSSR count). The summed E-state index contributed by atoms with van der Waals surface area (Å²) in [6.07, 6.45) is 1.78. The summed E-state index contributed by atoms with van der Waals surface area (Å²) in [7, 11) is 0. The molecule has 0 radical (unpaired) electrons. The van der Waals surface area contributed by atoms with Crippen LogP contribution in [-0.4, -0.2) is 58.7 Å². The Kier molecular flexibility index (Phi) is 4.42. The summed E-state index contributed by atoms with van der Waals surface area (Å²) in [5, 5.41) is 4.65. The molecular formula is C20H23FN4O4. The topological polar surface area (TPSA) is 78.7 Å². The van der Waals surface area contributed by atoms with Crippen LogP contribution in [0, 0.1) is 5.95 Å². The third-order valence-electron chi connectivity index (χ3n) is 5.71. The molecule has 2 aromatic heterocycles. The van der Waals surface area contributed by atoms with Crippen LogP contribution in [0.2, 0.25) is 0 Å². The molecule has 0 aromatic carbocycles. The zero-order valence-electron chi connectivity index (χ0n) is 16.4. The van der Waals surface area contributed by atoms with E-state index in [2.05, 4.69) is 15.0 Å². The molecule has 3 aliphatic rings. The van der Waals surface area contributed by atoms with Crippen molar-refractivity contribution in [1.29, 1.82) is 0 Å². The van der Waals surface area contributed by atoms with E-state index in [0.717, 1.165) is 12.8 Å². The van der Waals surface area contributed by atoms with Gasteiger partial charge in [0.1, 0.15) is 17.1 Å². The highest BCUT2D eigenvalue weighted by molar-refractivity contribution is 6.00. The van der Waals surface area contributed by atoms with Crippen molar-refractivity contribution in [2.45, 2.75) is 51.5 Å². The van der Waals surface area contributed by atoms with Gasteiger partial charge < -0.3 is 19.1 Å². The Morgan fingerprint density at radius 2 is 2.28 bits per heavy atom. The van der Waals surface area contributed by atoms with Crippen LogP contribution >= 0.6 is 0 Å². The summed E-state index contributed by atoms with van der Waals surface area (Å²) in [6, 6.07) is 3.07. The van der Waals surface area contributed by atoms with E-state index >= 15 is 0 Å². The van der Waals surface area contributed by atoms with Gasteiger partial charge in [-0.1, -0.05) is 0 Å². The molecule has 0 aliphatic carbocycles. The van der Waals surface area contributed by atoms with E-state index in [-0.39, 0.29) is 30.4 Å². The molecule has 0 unspecified atom stereocenters. The van der Waals surface area contributed by atoms with E-state index in [0.29, 0.717) is 42.7 Å². The molecule has 5 heterocycles. The van der Waals surface area contributed by atoms with E-state index in [9.17, 15) is 9.18 Å². The quantitative estimate of drug-likeness (QED) is 0.574. The van der Waals surface area contributed by atoms with Crippen LogP contribution in [0.5, 0.6) is 5.88 Å². The summed E-state index contributed by atoms with van der Waals surface area (Å²) in [5.41, 5.74) is 1.28. The van der Waals surface area contributed by atoms with Crippen LogP contribution in [0.1, 0.15) is 37.0 Å². The monoisotopic (exact) mass is 402 g/mol. The largest absolute Gasteiger partial charge is 0.474 e. The molecule has 154 valence electrons. The molecule has 0 spiro atoms. The number of carbonyl (C=O) groups is 1. The fourth-order valence-electron chi connectivity index (χ4n) is 4.34. The molecule has 2 bridgehead atoms. The maximum absolute atomic E-state index is 14.1. The van der Waals surface area contributed by atoms with Gasteiger partial charge in [-0.25, -0.2) is 14.5 Å². The Labute approximate surface area is 167 Å². The zero-order chi connectivity index (χ0) is 20.1. The molecule has 0 saturated carbocycles. The van der Waals surface area contributed by atoms with Crippen LogP contribution in [0.3, 0.4) is 0 Å². The number of morpholine rings is 1. The number of halogens is 1. The highest BCUT2D eigenvalue weighted by Crippen LogP contribution is 2.41. The van der Waals surface area contributed by atoms with E-state index in [1.54, 1.807) is 17.7 Å². The number of hydrogen-bond acceptors (Lipinski definition) is 7. The number of nitrogens with zero attached hydrogens (tertiary/aromatic N) is 4. The second-order valence-electron chi connectivity index (χ2n) is 7.69. The van der Waals surface area contributed by atoms with Crippen molar-refractivity contribution in [3.8, 4) is 17.1 Å². The average Bonchev–Trinajstić information content (AvgIpc) is 3.41. The highest BCUT2D eigenvalue weighted by atomic mass is 19.1. The molecule has 0 amide bonds. The van der Waals surface area contributed by atoms with Crippen molar-refractivity contribution in [1.82, 2.24) is 14.8 Å². The average molecular weight is 402 g/mol. The van der Waals surface area contributed by atoms with E-state index < -0.39 is 11.9 Å². The molecular weight excluding hydrogens is 379 g/mol. The molecule has 29 heavy (non-hydrogen) atoms. The predicted molar refractivity (Wildman–Crippen MR) is 102 cm³/mol. The summed E-state index contributed by atoms with van der Waals surface area (Å²) in [6.45, 7) is 5.81. The molecule has 2 aromatic rings. The minimum Gasteiger partial charge on any atom is -0.474 e. The fraction of sp³-hybridized carbons (Fsp3) is 0.550. The lowest BCUT2D eigenvalue weighted by Crippen LogP contribution is -2.38. The number of carbonyl (C=O) groups excluding carboxylic acids is 1. The predicted octanol–water partition coefficient (Wildman–Crippen LogP) is 2.41. The van der Waals surface area contributed by atoms with Crippen molar-refractivity contribution < 1.29 is 23.4 Å². The minimum atomic E-state index is -0.570. The fourth-order valence-corrected chi connectivity index (χ4v) is 4.34. The highest BCUT2D eigenvalue weighted by Gasteiger charge is 2.41. The molecule has 3 atom stereocenters. The number of aryl methyl sites for hydroxylation is 1. The lowest BCUT2D eigenvalue weighted by atomic mass is 10.1. The number of rotatable bonds is 4. The van der Waals surface area contributed by atoms with Crippen molar-refractivity contribution in [3.05, 3.63) is 23.6 Å². The number of pyridine rings is 1. The number of aromatic nitrogens is 3. The first-order valence-corrected chi connectivity index (χ1v) is 10.0. The maximum atomic E-state index is 14.1. The first kappa shape index (κ1) is 18.4. The number of fused-ring (bicyclic) bond motifs is 3. The van der Waals surface area contributed by atoms with E-state index in [1.165, 1.54) is 6.07 Å². The molecule has 2 fully saturated rings. The van der Waals surface area contributed by atoms with Gasteiger partial charge in [-0.3, -0.25) is 0 Å². The standard InChI is InChI=1S/C20H23FN4O4/c1-3-27-20(26)16-17(23-25-7-6-11(2)29-19(16)25)14-4-5-15(21)22-18(14)24-9-13-8-12(24)10-28-13/h4-5,11-13H,3,6-10H2,1-2H3/t11-,12-,13-/m1/s1. The van der Waals surface area contributed by atoms with Gasteiger partial charge in [-0.05, 0) is 32.4 Å². The van der Waals surface area contributed by atoms with Gasteiger partial charge in [0.2, 0.25) is 11.8 Å². The third kappa shape index (κ3) is 3.04. The summed E-state index contributed by atoms with van der Waals surface area (Å²) in [4.78, 5) is 19.1. The normalized spacial score (nSPS) is 25.1. The zero-order valence-corrected chi connectivity index (χ0v) is 16.4. The Balaban J connectivity index is 1.65. The Hall–Kier alpha value is -2.68. The number of anilines is 1. The number of ether oxygens (including phenoxy) is 3. The summed E-state index contributed by atoms with van der Waals surface area (Å²) in [5.74, 6) is -0.188. The lowest BCUT2D eigenvalue weighted by molar-refractivity contribution is 0.0515. The van der Waals surface area contributed by atoms with Gasteiger partial charge in [0.25, 0.3) is 0 Å². The first-order valence-electron chi connectivity index (χ1n) is 10.0. The Morgan fingerprint density at radius 3 is 3.00 bits per heavy atom. The maximum Gasteiger partial charge on any atom is 0.345 e. The Morgan fingerprint density at radius 1 is 1.41 bits per heavy atom. The van der Waals surface area contributed by atoms with Crippen LogP contribution in [-0.2, 0) is 16.0 Å². The molecule has 9 heteroatoms. The van der Waals surface area contributed by atoms with Gasteiger partial charge >= 0.3 is 5.97 Å². The molecule has 2 saturated heterocycles. The number of esters is 1. The van der Waals surface area contributed by atoms with Gasteiger partial charge in [0, 0.05) is 25.1 Å². The minimum absolute atomic E-state index is 0.0301. The van der Waals surface area contributed by atoms with E-state index in [4.69, 9.17) is 14.2 Å².